The van der Waals surface area contributed by atoms with Crippen molar-refractivity contribution in [3.8, 4) is 0 Å². The van der Waals surface area contributed by atoms with E-state index in [0.717, 1.165) is 24.0 Å². The summed E-state index contributed by atoms with van der Waals surface area (Å²) in [5, 5.41) is 7.40. The first-order chi connectivity index (χ1) is 8.28. The first-order valence-electron chi connectivity index (χ1n) is 5.68. The van der Waals surface area contributed by atoms with Crippen molar-refractivity contribution in [2.24, 2.45) is 0 Å². The molecule has 0 atom stereocenters. The Kier molecular flexibility index (Phi) is 4.34. The van der Waals surface area contributed by atoms with Crippen molar-refractivity contribution >= 4 is 15.9 Å². The van der Waals surface area contributed by atoms with Gasteiger partial charge in [0.15, 0.2) is 0 Å². The molecule has 1 aromatic carbocycles. The fraction of sp³-hybridized carbons (Fsp3) is 0.308. The van der Waals surface area contributed by atoms with Gasteiger partial charge in [0.05, 0.1) is 17.2 Å². The van der Waals surface area contributed by atoms with Crippen molar-refractivity contribution < 1.29 is 0 Å². The van der Waals surface area contributed by atoms with E-state index in [0.29, 0.717) is 0 Å². The SMILES string of the molecule is CNCCc1ccc(Cn2cc(Br)cn2)cc1. The fourth-order valence-electron chi connectivity index (χ4n) is 1.69. The molecule has 0 bridgehead atoms. The maximum absolute atomic E-state index is 4.24. The van der Waals surface area contributed by atoms with Crippen LogP contribution in [0.25, 0.3) is 0 Å². The molecule has 0 unspecified atom stereocenters. The van der Waals surface area contributed by atoms with Gasteiger partial charge in [-0.05, 0) is 47.1 Å². The maximum Gasteiger partial charge on any atom is 0.0659 e. The molecule has 17 heavy (non-hydrogen) atoms. The topological polar surface area (TPSA) is 29.9 Å². The molecule has 90 valence electrons. The van der Waals surface area contributed by atoms with E-state index in [-0.39, 0.29) is 0 Å². The molecule has 0 radical (unpaired) electrons. The van der Waals surface area contributed by atoms with E-state index in [1.54, 1.807) is 6.20 Å². The van der Waals surface area contributed by atoms with Crippen molar-refractivity contribution in [1.29, 1.82) is 0 Å². The molecule has 0 fully saturated rings. The van der Waals surface area contributed by atoms with Gasteiger partial charge in [-0.3, -0.25) is 4.68 Å². The highest BCUT2D eigenvalue weighted by molar-refractivity contribution is 9.10. The quantitative estimate of drug-likeness (QED) is 0.918. The zero-order chi connectivity index (χ0) is 12.1. The van der Waals surface area contributed by atoms with E-state index in [2.05, 4.69) is 50.6 Å². The van der Waals surface area contributed by atoms with Crippen molar-refractivity contribution in [3.05, 3.63) is 52.3 Å². The zero-order valence-electron chi connectivity index (χ0n) is 9.86. The van der Waals surface area contributed by atoms with Gasteiger partial charge in [0.1, 0.15) is 0 Å². The lowest BCUT2D eigenvalue weighted by Crippen LogP contribution is -2.10. The van der Waals surface area contributed by atoms with Crippen molar-refractivity contribution in [3.63, 3.8) is 0 Å². The summed E-state index contributed by atoms with van der Waals surface area (Å²) in [4.78, 5) is 0. The average molecular weight is 294 g/mol. The smallest absolute Gasteiger partial charge is 0.0659 e. The number of nitrogens with one attached hydrogen (secondary N) is 1. The van der Waals surface area contributed by atoms with E-state index in [1.165, 1.54) is 11.1 Å². The van der Waals surface area contributed by atoms with Crippen LogP contribution in [-0.4, -0.2) is 23.4 Å². The highest BCUT2D eigenvalue weighted by atomic mass is 79.9. The van der Waals surface area contributed by atoms with Gasteiger partial charge in [0.2, 0.25) is 0 Å². The Labute approximate surface area is 110 Å². The molecule has 0 aliphatic rings. The third-order valence-corrected chi connectivity index (χ3v) is 3.04. The molecule has 0 saturated heterocycles. The summed E-state index contributed by atoms with van der Waals surface area (Å²) in [5.74, 6) is 0. The monoisotopic (exact) mass is 293 g/mol. The molecule has 0 aliphatic carbocycles. The largest absolute Gasteiger partial charge is 0.319 e. The van der Waals surface area contributed by atoms with Crippen LogP contribution in [0.3, 0.4) is 0 Å². The first-order valence-corrected chi connectivity index (χ1v) is 6.47. The maximum atomic E-state index is 4.24. The molecule has 2 rings (SSSR count). The number of halogens is 1. The Morgan fingerprint density at radius 2 is 1.94 bits per heavy atom. The molecule has 2 aromatic rings. The van der Waals surface area contributed by atoms with Crippen LogP contribution < -0.4 is 5.32 Å². The van der Waals surface area contributed by atoms with Crippen LogP contribution in [0.1, 0.15) is 11.1 Å². The molecule has 1 heterocycles. The predicted octanol–water partition coefficient (Wildman–Crippen LogP) is 2.46. The standard InChI is InChI=1S/C13H16BrN3/c1-15-7-6-11-2-4-12(5-3-11)9-17-10-13(14)8-16-17/h2-5,8,10,15H,6-7,9H2,1H3. The van der Waals surface area contributed by atoms with Crippen molar-refractivity contribution in [2.75, 3.05) is 13.6 Å². The third-order valence-electron chi connectivity index (χ3n) is 2.63. The molecule has 0 amide bonds. The number of likely N-dealkylation sites (N-methyl/N-ethyl adjacent to an activating group) is 1. The lowest BCUT2D eigenvalue weighted by atomic mass is 10.1. The summed E-state index contributed by atoms with van der Waals surface area (Å²) in [5.41, 5.74) is 2.64. The van der Waals surface area contributed by atoms with Gasteiger partial charge >= 0.3 is 0 Å². The van der Waals surface area contributed by atoms with E-state index >= 15 is 0 Å². The van der Waals surface area contributed by atoms with Gasteiger partial charge in [-0.2, -0.15) is 5.10 Å². The number of aromatic nitrogens is 2. The molecular weight excluding hydrogens is 278 g/mol. The molecule has 3 nitrogen and oxygen atoms in total. The third kappa shape index (κ3) is 3.68. The molecule has 0 aliphatic heterocycles. The zero-order valence-corrected chi connectivity index (χ0v) is 11.4. The second kappa shape index (κ2) is 5.98. The van der Waals surface area contributed by atoms with Crippen LogP contribution in [0.5, 0.6) is 0 Å². The van der Waals surface area contributed by atoms with Crippen LogP contribution in [0.4, 0.5) is 0 Å². The van der Waals surface area contributed by atoms with E-state index in [9.17, 15) is 0 Å². The number of rotatable bonds is 5. The van der Waals surface area contributed by atoms with Gasteiger partial charge in [0.25, 0.3) is 0 Å². The molecule has 4 heteroatoms. The van der Waals surface area contributed by atoms with Gasteiger partial charge in [-0.1, -0.05) is 24.3 Å². The first kappa shape index (κ1) is 12.3. The minimum atomic E-state index is 0.817. The lowest BCUT2D eigenvalue weighted by molar-refractivity contribution is 0.686. The highest BCUT2D eigenvalue weighted by Crippen LogP contribution is 2.10. The summed E-state index contributed by atoms with van der Waals surface area (Å²) < 4.78 is 2.94. The van der Waals surface area contributed by atoms with E-state index < -0.39 is 0 Å². The van der Waals surface area contributed by atoms with Crippen LogP contribution in [0.2, 0.25) is 0 Å². The highest BCUT2D eigenvalue weighted by Gasteiger charge is 1.98. The summed E-state index contributed by atoms with van der Waals surface area (Å²) in [6, 6.07) is 8.71. The summed E-state index contributed by atoms with van der Waals surface area (Å²) in [6.45, 7) is 1.84. The Balaban J connectivity index is 1.98. The average Bonchev–Trinajstić information content (AvgIpc) is 2.74. The van der Waals surface area contributed by atoms with Crippen molar-refractivity contribution in [1.82, 2.24) is 15.1 Å². The van der Waals surface area contributed by atoms with Gasteiger partial charge in [-0.15, -0.1) is 0 Å². The summed E-state index contributed by atoms with van der Waals surface area (Å²) >= 11 is 3.40. The summed E-state index contributed by atoms with van der Waals surface area (Å²) in [7, 11) is 1.98. The van der Waals surface area contributed by atoms with E-state index in [1.807, 2.05) is 17.9 Å². The molecular formula is C13H16BrN3. The number of hydrogen-bond acceptors (Lipinski definition) is 2. The second-order valence-corrected chi connectivity index (χ2v) is 4.94. The van der Waals surface area contributed by atoms with Crippen LogP contribution in [0, 0.1) is 0 Å². The second-order valence-electron chi connectivity index (χ2n) is 4.03. The Hall–Kier alpha value is -1.13. The fourth-order valence-corrected chi connectivity index (χ4v) is 2.02. The van der Waals surface area contributed by atoms with Crippen LogP contribution >= 0.6 is 15.9 Å². The predicted molar refractivity (Wildman–Crippen MR) is 73.1 cm³/mol. The van der Waals surface area contributed by atoms with Crippen LogP contribution in [0.15, 0.2) is 41.1 Å². The Morgan fingerprint density at radius 3 is 2.53 bits per heavy atom. The number of benzene rings is 1. The molecule has 1 N–H and O–H groups in total. The van der Waals surface area contributed by atoms with Gasteiger partial charge < -0.3 is 5.32 Å². The van der Waals surface area contributed by atoms with Crippen molar-refractivity contribution in [2.45, 2.75) is 13.0 Å². The molecule has 0 spiro atoms. The minimum absolute atomic E-state index is 0.817. The summed E-state index contributed by atoms with van der Waals surface area (Å²) in [6.07, 6.45) is 4.86. The normalized spacial score (nSPS) is 10.7. The van der Waals surface area contributed by atoms with E-state index in [4.69, 9.17) is 0 Å². The lowest BCUT2D eigenvalue weighted by Gasteiger charge is -2.04. The van der Waals surface area contributed by atoms with Gasteiger partial charge in [0, 0.05) is 6.20 Å². The Bertz CT molecular complexity index is 462. The molecule has 0 saturated carbocycles. The minimum Gasteiger partial charge on any atom is -0.319 e. The Morgan fingerprint density at radius 1 is 1.24 bits per heavy atom. The number of hydrogen-bond donors (Lipinski definition) is 1. The van der Waals surface area contributed by atoms with Gasteiger partial charge in [-0.25, -0.2) is 0 Å². The molecule has 1 aromatic heterocycles. The van der Waals surface area contributed by atoms with Crippen LogP contribution in [-0.2, 0) is 13.0 Å². The number of nitrogens with zero attached hydrogens (tertiary/aromatic N) is 2.